The summed E-state index contributed by atoms with van der Waals surface area (Å²) in [5, 5.41) is 0. The molecule has 0 amide bonds. The van der Waals surface area contributed by atoms with E-state index in [0.29, 0.717) is 0 Å². The number of unbranched alkanes of at least 4 members (excludes halogenated alkanes) is 18. The first-order chi connectivity index (χ1) is 13.7. The molecule has 0 aromatic heterocycles. The zero-order valence-corrected chi connectivity index (χ0v) is 21.5. The molecule has 0 saturated carbocycles. The zero-order chi connectivity index (χ0) is 20.7. The molecule has 0 aliphatic heterocycles. The van der Waals surface area contributed by atoms with Crippen molar-refractivity contribution in [3.8, 4) is 0 Å². The fraction of sp³-hybridized carbons (Fsp3) is 1.00. The van der Waals surface area contributed by atoms with E-state index in [1.807, 2.05) is 0 Å². The van der Waals surface area contributed by atoms with Crippen LogP contribution < -0.4 is 0 Å². The van der Waals surface area contributed by atoms with Gasteiger partial charge in [0, 0.05) is 22.2 Å². The third-order valence-electron chi connectivity index (χ3n) is 6.28. The van der Waals surface area contributed by atoms with E-state index in [0.717, 1.165) is 6.04 Å². The lowest BCUT2D eigenvalue weighted by Crippen LogP contribution is -2.22. The normalized spacial score (nSPS) is 11.8. The quantitative estimate of drug-likeness (QED) is 0.108. The Bertz CT molecular complexity index is 256. The monoisotopic (exact) mass is 459 g/mol. The van der Waals surface area contributed by atoms with Gasteiger partial charge in [-0.3, -0.25) is 0 Å². The highest BCUT2D eigenvalue weighted by Gasteiger charge is 2.11. The van der Waals surface area contributed by atoms with E-state index in [1.54, 1.807) is 0 Å². The van der Waals surface area contributed by atoms with Crippen molar-refractivity contribution in [1.82, 2.24) is 3.93 Å². The lowest BCUT2D eigenvalue weighted by atomic mass is 9.99. The van der Waals surface area contributed by atoms with Gasteiger partial charge in [-0.15, -0.1) is 0 Å². The van der Waals surface area contributed by atoms with Crippen LogP contribution >= 0.6 is 16.1 Å². The van der Waals surface area contributed by atoms with Crippen LogP contribution in [0.3, 0.4) is 0 Å². The van der Waals surface area contributed by atoms with Gasteiger partial charge < -0.3 is 0 Å². The molecule has 0 heterocycles. The summed E-state index contributed by atoms with van der Waals surface area (Å²) in [7, 11) is 2.21. The largest absolute Gasteiger partial charge is 0.242 e. The van der Waals surface area contributed by atoms with E-state index in [9.17, 15) is 0 Å². The first kappa shape index (κ1) is 28.4. The van der Waals surface area contributed by atoms with Gasteiger partial charge in [0.25, 0.3) is 0 Å². The molecule has 0 fully saturated rings. The van der Waals surface area contributed by atoms with Gasteiger partial charge in [-0.25, -0.2) is 3.93 Å². The topological polar surface area (TPSA) is 3.24 Å². The molecule has 0 aliphatic rings. The van der Waals surface area contributed by atoms with Gasteiger partial charge in [-0.1, -0.05) is 142 Å². The van der Waals surface area contributed by atoms with Crippen molar-refractivity contribution in [3.63, 3.8) is 0 Å². The Labute approximate surface area is 188 Å². The minimum Gasteiger partial charge on any atom is -0.242 e. The highest BCUT2D eigenvalue weighted by Crippen LogP contribution is 2.20. The summed E-state index contributed by atoms with van der Waals surface area (Å²) in [5.74, 6) is 0. The van der Waals surface area contributed by atoms with Crippen molar-refractivity contribution in [2.45, 2.75) is 161 Å². The fourth-order valence-electron chi connectivity index (χ4n) is 4.23. The smallest absolute Gasteiger partial charge is 0.0202 e. The second-order valence-corrected chi connectivity index (χ2v) is 10.2. The van der Waals surface area contributed by atoms with E-state index in [-0.39, 0.29) is 0 Å². The second-order valence-electron chi connectivity index (χ2n) is 9.12. The summed E-state index contributed by atoms with van der Waals surface area (Å²) in [6.45, 7) is 4.60. The summed E-state index contributed by atoms with van der Waals surface area (Å²) in [6, 6.07) is 0.739. The fourth-order valence-corrected chi connectivity index (χ4v) is 4.64. The van der Waals surface area contributed by atoms with E-state index in [4.69, 9.17) is 0 Å². The average Bonchev–Trinajstić information content (AvgIpc) is 2.68. The molecule has 0 aromatic carbocycles. The van der Waals surface area contributed by atoms with E-state index >= 15 is 0 Å². The molecule has 28 heavy (non-hydrogen) atoms. The maximum atomic E-state index is 3.72. The van der Waals surface area contributed by atoms with Crippen molar-refractivity contribution in [1.29, 1.82) is 0 Å². The summed E-state index contributed by atoms with van der Waals surface area (Å²) < 4.78 is 2.30. The third kappa shape index (κ3) is 21.2. The van der Waals surface area contributed by atoms with Gasteiger partial charge in [-0.2, -0.15) is 0 Å². The standard InChI is InChI=1S/C26H54BrN/c1-4-6-8-10-12-14-16-18-20-22-24-26(28(3)27)25-23-21-19-17-15-13-11-9-7-5-2/h26H,4-25H2,1-3H3. The molecular weight excluding hydrogens is 406 g/mol. The molecule has 0 N–H and O–H groups in total. The minimum absolute atomic E-state index is 0.739. The Balaban J connectivity index is 3.44. The van der Waals surface area contributed by atoms with Crippen molar-refractivity contribution in [3.05, 3.63) is 0 Å². The molecule has 1 nitrogen and oxygen atoms in total. The Hall–Kier alpha value is 0.440. The third-order valence-corrected chi connectivity index (χ3v) is 6.86. The maximum Gasteiger partial charge on any atom is 0.0202 e. The van der Waals surface area contributed by atoms with Gasteiger partial charge in [0.15, 0.2) is 0 Å². The Morgan fingerprint density at radius 3 is 0.964 bits per heavy atom. The van der Waals surface area contributed by atoms with Gasteiger partial charge >= 0.3 is 0 Å². The van der Waals surface area contributed by atoms with Crippen LogP contribution in [-0.4, -0.2) is 17.0 Å². The van der Waals surface area contributed by atoms with Crippen molar-refractivity contribution in [2.24, 2.45) is 0 Å². The van der Waals surface area contributed by atoms with Crippen LogP contribution in [0.1, 0.15) is 155 Å². The van der Waals surface area contributed by atoms with Crippen molar-refractivity contribution < 1.29 is 0 Å². The molecule has 0 unspecified atom stereocenters. The molecule has 2 heteroatoms. The summed E-state index contributed by atoms with van der Waals surface area (Å²) in [6.07, 6.45) is 31.5. The summed E-state index contributed by atoms with van der Waals surface area (Å²) >= 11 is 3.72. The van der Waals surface area contributed by atoms with Crippen LogP contribution in [0.2, 0.25) is 0 Å². The van der Waals surface area contributed by atoms with Crippen molar-refractivity contribution in [2.75, 3.05) is 7.05 Å². The summed E-state index contributed by atoms with van der Waals surface area (Å²) in [5.41, 5.74) is 0. The van der Waals surface area contributed by atoms with E-state index < -0.39 is 0 Å². The molecule has 0 saturated heterocycles. The molecule has 0 bridgehead atoms. The second kappa shape index (κ2) is 23.7. The van der Waals surface area contributed by atoms with Crippen LogP contribution in [0.4, 0.5) is 0 Å². The number of nitrogens with zero attached hydrogens (tertiary/aromatic N) is 1. The lowest BCUT2D eigenvalue weighted by molar-refractivity contribution is 0.346. The van der Waals surface area contributed by atoms with E-state index in [2.05, 4.69) is 41.0 Å². The molecule has 0 rings (SSSR count). The highest BCUT2D eigenvalue weighted by molar-refractivity contribution is 9.07. The lowest BCUT2D eigenvalue weighted by Gasteiger charge is -2.22. The van der Waals surface area contributed by atoms with Crippen LogP contribution in [0.5, 0.6) is 0 Å². The maximum absolute atomic E-state index is 3.72. The highest BCUT2D eigenvalue weighted by atomic mass is 79.9. The van der Waals surface area contributed by atoms with Gasteiger partial charge in [-0.05, 0) is 19.9 Å². The van der Waals surface area contributed by atoms with Crippen LogP contribution in [0.25, 0.3) is 0 Å². The Kier molecular flexibility index (Phi) is 24.1. The first-order valence-electron chi connectivity index (χ1n) is 13.1. The predicted molar refractivity (Wildman–Crippen MR) is 133 cm³/mol. The SMILES string of the molecule is CCCCCCCCCCCCC(CCCCCCCCCCCC)N(C)Br. The number of rotatable bonds is 23. The molecule has 0 aliphatic carbocycles. The first-order valence-corrected chi connectivity index (χ1v) is 13.8. The van der Waals surface area contributed by atoms with Crippen LogP contribution in [0.15, 0.2) is 0 Å². The number of hydrogen-bond donors (Lipinski definition) is 0. The van der Waals surface area contributed by atoms with Crippen LogP contribution in [0, 0.1) is 0 Å². The molecular formula is C26H54BrN. The average molecular weight is 461 g/mol. The molecule has 0 spiro atoms. The summed E-state index contributed by atoms with van der Waals surface area (Å²) in [4.78, 5) is 0. The van der Waals surface area contributed by atoms with Crippen LogP contribution in [-0.2, 0) is 0 Å². The zero-order valence-electron chi connectivity index (χ0n) is 20.0. The van der Waals surface area contributed by atoms with Gasteiger partial charge in [0.2, 0.25) is 0 Å². The molecule has 0 radical (unpaired) electrons. The van der Waals surface area contributed by atoms with Gasteiger partial charge in [0.1, 0.15) is 0 Å². The predicted octanol–water partition coefficient (Wildman–Crippen LogP) is 10.2. The van der Waals surface area contributed by atoms with E-state index in [1.165, 1.54) is 141 Å². The Morgan fingerprint density at radius 1 is 0.464 bits per heavy atom. The van der Waals surface area contributed by atoms with Crippen molar-refractivity contribution >= 4 is 16.1 Å². The minimum atomic E-state index is 0.739. The number of halogens is 1. The molecule has 0 atom stereocenters. The Morgan fingerprint density at radius 2 is 0.714 bits per heavy atom. The molecule has 170 valence electrons. The molecule has 0 aromatic rings. The van der Waals surface area contributed by atoms with Gasteiger partial charge in [0.05, 0.1) is 0 Å². The number of hydrogen-bond acceptors (Lipinski definition) is 1.